The van der Waals surface area contributed by atoms with Gasteiger partial charge in [-0.25, -0.2) is 8.42 Å². The van der Waals surface area contributed by atoms with Crippen LogP contribution in [0.25, 0.3) is 0 Å². The topological polar surface area (TPSA) is 85.5 Å². The van der Waals surface area contributed by atoms with Crippen molar-refractivity contribution in [3.05, 3.63) is 11.7 Å². The van der Waals surface area contributed by atoms with Crippen LogP contribution in [0.5, 0.6) is 0 Å². The van der Waals surface area contributed by atoms with Gasteiger partial charge in [-0.3, -0.25) is 0 Å². The molecule has 120 valence electrons. The number of ether oxygens (including phenoxy) is 1. The van der Waals surface area contributed by atoms with Gasteiger partial charge in [0, 0.05) is 13.7 Å². The van der Waals surface area contributed by atoms with E-state index in [2.05, 4.69) is 30.9 Å². The molecule has 1 aliphatic heterocycles. The van der Waals surface area contributed by atoms with Crippen molar-refractivity contribution in [1.82, 2.24) is 14.4 Å². The van der Waals surface area contributed by atoms with Crippen LogP contribution in [0, 0.1) is 5.41 Å². The Morgan fingerprint density at radius 2 is 2.05 bits per heavy atom. The van der Waals surface area contributed by atoms with E-state index in [1.54, 1.807) is 0 Å². The van der Waals surface area contributed by atoms with Crippen molar-refractivity contribution in [3.8, 4) is 0 Å². The minimum Gasteiger partial charge on any atom is -0.377 e. The van der Waals surface area contributed by atoms with Gasteiger partial charge in [0.15, 0.2) is 5.82 Å². The minimum absolute atomic E-state index is 0.00842. The molecule has 7 nitrogen and oxygen atoms in total. The zero-order chi connectivity index (χ0) is 15.8. The molecule has 2 heterocycles. The molecular weight excluding hydrogens is 294 g/mol. The van der Waals surface area contributed by atoms with Crippen LogP contribution < -0.4 is 0 Å². The largest absolute Gasteiger partial charge is 0.377 e. The van der Waals surface area contributed by atoms with Crippen molar-refractivity contribution in [1.29, 1.82) is 0 Å². The molecule has 1 aromatic rings. The molecule has 1 fully saturated rings. The highest BCUT2D eigenvalue weighted by Gasteiger charge is 2.40. The maximum Gasteiger partial charge on any atom is 0.241 e. The van der Waals surface area contributed by atoms with Crippen molar-refractivity contribution >= 4 is 10.0 Å². The Hall–Kier alpha value is -0.990. The number of hydrogen-bond donors (Lipinski definition) is 0. The SMILES string of the molecule is CN(Cc1nc([C@H]2CCO[C@@H]2C(C)(C)C)no1)S(C)(=O)=O. The van der Waals surface area contributed by atoms with Gasteiger partial charge in [-0.05, 0) is 11.8 Å². The fraction of sp³-hybridized carbons (Fsp3) is 0.846. The van der Waals surface area contributed by atoms with Crippen LogP contribution in [0.1, 0.15) is 44.8 Å². The van der Waals surface area contributed by atoms with E-state index in [4.69, 9.17) is 9.26 Å². The summed E-state index contributed by atoms with van der Waals surface area (Å²) in [5, 5.41) is 4.01. The van der Waals surface area contributed by atoms with Crippen LogP contribution in [-0.4, -0.2) is 48.9 Å². The van der Waals surface area contributed by atoms with E-state index < -0.39 is 10.0 Å². The van der Waals surface area contributed by atoms with Gasteiger partial charge in [0.1, 0.15) is 0 Å². The van der Waals surface area contributed by atoms with Gasteiger partial charge in [0.2, 0.25) is 15.9 Å². The molecule has 21 heavy (non-hydrogen) atoms. The molecule has 0 amide bonds. The van der Waals surface area contributed by atoms with Crippen molar-refractivity contribution in [2.45, 2.75) is 45.8 Å². The molecule has 1 saturated heterocycles. The number of hydrogen-bond acceptors (Lipinski definition) is 6. The Kier molecular flexibility index (Phi) is 4.41. The Balaban J connectivity index is 2.13. The monoisotopic (exact) mass is 317 g/mol. The predicted octanol–water partition coefficient (Wildman–Crippen LogP) is 1.38. The summed E-state index contributed by atoms with van der Waals surface area (Å²) in [5.41, 5.74) is -0.00842. The molecule has 1 aromatic heterocycles. The summed E-state index contributed by atoms with van der Waals surface area (Å²) in [6.07, 6.45) is 2.03. The van der Waals surface area contributed by atoms with Gasteiger partial charge in [0.25, 0.3) is 0 Å². The lowest BCUT2D eigenvalue weighted by atomic mass is 9.81. The molecule has 0 N–H and O–H groups in total. The highest BCUT2D eigenvalue weighted by Crippen LogP contribution is 2.39. The molecule has 0 aromatic carbocycles. The van der Waals surface area contributed by atoms with Crippen LogP contribution in [0.3, 0.4) is 0 Å². The number of nitrogens with zero attached hydrogens (tertiary/aromatic N) is 3. The van der Waals surface area contributed by atoms with Gasteiger partial charge >= 0.3 is 0 Å². The van der Waals surface area contributed by atoms with Crippen molar-refractivity contribution in [2.24, 2.45) is 5.41 Å². The van der Waals surface area contributed by atoms with E-state index in [9.17, 15) is 8.42 Å². The summed E-state index contributed by atoms with van der Waals surface area (Å²) < 4.78 is 35.0. The van der Waals surface area contributed by atoms with Crippen LogP contribution in [0.4, 0.5) is 0 Å². The Morgan fingerprint density at radius 1 is 1.38 bits per heavy atom. The highest BCUT2D eigenvalue weighted by molar-refractivity contribution is 7.88. The predicted molar refractivity (Wildman–Crippen MR) is 77.2 cm³/mol. The van der Waals surface area contributed by atoms with Gasteiger partial charge < -0.3 is 9.26 Å². The Labute approximate surface area is 125 Å². The van der Waals surface area contributed by atoms with Crippen LogP contribution >= 0.6 is 0 Å². The van der Waals surface area contributed by atoms with E-state index in [0.29, 0.717) is 18.3 Å². The maximum absolute atomic E-state index is 11.4. The van der Waals surface area contributed by atoms with E-state index in [0.717, 1.165) is 12.7 Å². The second kappa shape index (κ2) is 5.66. The fourth-order valence-electron chi connectivity index (χ4n) is 2.50. The summed E-state index contributed by atoms with van der Waals surface area (Å²) in [6, 6.07) is 0. The third kappa shape index (κ3) is 3.81. The number of aromatic nitrogens is 2. The smallest absolute Gasteiger partial charge is 0.241 e. The van der Waals surface area contributed by atoms with Gasteiger partial charge in [-0.15, -0.1) is 0 Å². The first-order valence-electron chi connectivity index (χ1n) is 6.94. The maximum atomic E-state index is 11.4. The zero-order valence-electron chi connectivity index (χ0n) is 13.2. The molecule has 0 bridgehead atoms. The van der Waals surface area contributed by atoms with Crippen molar-refractivity contribution in [3.63, 3.8) is 0 Å². The molecule has 0 unspecified atom stereocenters. The summed E-state index contributed by atoms with van der Waals surface area (Å²) in [6.45, 7) is 7.12. The summed E-state index contributed by atoms with van der Waals surface area (Å²) in [4.78, 5) is 4.35. The average molecular weight is 317 g/mol. The first-order valence-corrected chi connectivity index (χ1v) is 8.79. The average Bonchev–Trinajstić information content (AvgIpc) is 2.92. The second-order valence-corrected chi connectivity index (χ2v) is 8.71. The minimum atomic E-state index is -3.26. The van der Waals surface area contributed by atoms with Gasteiger partial charge in [0.05, 0.1) is 24.8 Å². The first kappa shape index (κ1) is 16.4. The third-order valence-corrected chi connectivity index (χ3v) is 4.95. The van der Waals surface area contributed by atoms with E-state index in [1.807, 2.05) is 0 Å². The molecule has 2 atom stereocenters. The van der Waals surface area contributed by atoms with Gasteiger partial charge in [-0.2, -0.15) is 9.29 Å². The standard InChI is InChI=1S/C13H23N3O4S/c1-13(2,3)11-9(6-7-19-11)12-14-10(20-15-12)8-16(4)21(5,17)18/h9,11H,6-8H2,1-5H3/t9-,11-/m0/s1. The fourth-order valence-corrected chi connectivity index (χ4v) is 2.84. The first-order chi connectivity index (χ1) is 9.59. The number of rotatable bonds is 4. The lowest BCUT2D eigenvalue weighted by Gasteiger charge is -2.29. The zero-order valence-corrected chi connectivity index (χ0v) is 14.0. The summed E-state index contributed by atoms with van der Waals surface area (Å²) in [5.74, 6) is 0.993. The normalized spacial score (nSPS) is 23.9. The quantitative estimate of drug-likeness (QED) is 0.834. The lowest BCUT2D eigenvalue weighted by molar-refractivity contribution is 0.0193. The molecule has 0 aliphatic carbocycles. The molecule has 0 radical (unpaired) electrons. The lowest BCUT2D eigenvalue weighted by Crippen LogP contribution is -2.30. The van der Waals surface area contributed by atoms with Crippen LogP contribution in [0.15, 0.2) is 4.52 Å². The molecule has 2 rings (SSSR count). The summed E-state index contributed by atoms with van der Waals surface area (Å²) in [7, 11) is -1.78. The van der Waals surface area contributed by atoms with Crippen molar-refractivity contribution in [2.75, 3.05) is 19.9 Å². The van der Waals surface area contributed by atoms with E-state index in [1.165, 1.54) is 11.4 Å². The van der Waals surface area contributed by atoms with Crippen molar-refractivity contribution < 1.29 is 17.7 Å². The number of sulfonamides is 1. The molecule has 0 saturated carbocycles. The van der Waals surface area contributed by atoms with Crippen LogP contribution in [-0.2, 0) is 21.3 Å². The van der Waals surface area contributed by atoms with Gasteiger partial charge in [-0.1, -0.05) is 25.9 Å². The molecular formula is C13H23N3O4S. The Morgan fingerprint density at radius 3 is 2.62 bits per heavy atom. The molecule has 8 heteroatoms. The van der Waals surface area contributed by atoms with E-state index in [-0.39, 0.29) is 24.0 Å². The van der Waals surface area contributed by atoms with E-state index >= 15 is 0 Å². The second-order valence-electron chi connectivity index (χ2n) is 6.62. The Bertz CT molecular complexity index is 591. The van der Waals surface area contributed by atoms with Crippen LogP contribution in [0.2, 0.25) is 0 Å². The third-order valence-electron chi connectivity index (χ3n) is 3.68. The summed E-state index contributed by atoms with van der Waals surface area (Å²) >= 11 is 0. The highest BCUT2D eigenvalue weighted by atomic mass is 32.2. The molecule has 1 aliphatic rings. The molecule has 0 spiro atoms.